The number of aromatic nitrogens is 3. The standard InChI is InChI=1S/C24H22ClFN6O5.C16H11ClFN5O.C9H11NO5/c1-2-36-24(35)37-12-31-21(33)8-13(23(31)34)7-14-11-27-32-20(28-16-4-5-16)10-19(30-22(14)32)29-18-9-15(25)3-6-17(18)26;17-10-1-4-12(18)13(5-10)21-14-6-15(20-11-2-3-11)23-16(22-14)9(8-24)7-19-23;1-3-14-9(13)15-5-10-7(11)4-6(2)8(10)12/h3,6-7,9-11,16,28H,2,4-5,8,12H2,1H3,(H,29,30);1,4-6,8,11H,2-3H2,(H-,19,20,21,22,24);2-5H2,1H3/p+1/b13-7+;;. The molecule has 23 nitrogen and oxygen atoms in total. The van der Waals surface area contributed by atoms with Gasteiger partial charge in [-0.3, -0.25) is 19.2 Å². The molecule has 0 bridgehead atoms. The van der Waals surface area contributed by atoms with Crippen LogP contribution in [0.3, 0.4) is 0 Å². The van der Waals surface area contributed by atoms with Crippen LogP contribution in [-0.2, 0) is 42.9 Å². The van der Waals surface area contributed by atoms with Crippen LogP contribution in [0.4, 0.5) is 41.4 Å². The molecule has 0 radical (unpaired) electrons. The maximum Gasteiger partial charge on any atom is 0.510 e. The first kappa shape index (κ1) is 53.5. The zero-order valence-corrected chi connectivity index (χ0v) is 41.9. The number of nitrogens with one attached hydrogen (secondary N) is 4. The zero-order chi connectivity index (χ0) is 54.2. The Labute approximate surface area is 440 Å². The molecule has 2 aromatic heterocycles. The van der Waals surface area contributed by atoms with Gasteiger partial charge in [0.2, 0.25) is 11.8 Å². The molecular weight excluding hydrogens is 1040 g/mol. The predicted octanol–water partition coefficient (Wildman–Crippen LogP) is 7.03. The number of hydrazone groups is 1. The summed E-state index contributed by atoms with van der Waals surface area (Å²) >= 11 is 11.9. The number of hydrogen-bond donors (Lipinski definition) is 4. The number of carbonyl (C=O) groups is 7. The second-order valence-electron chi connectivity index (χ2n) is 16.9. The monoisotopic (exact) mass is 1090 g/mol. The van der Waals surface area contributed by atoms with E-state index in [0.717, 1.165) is 35.5 Å². The third-order valence-electron chi connectivity index (χ3n) is 11.2. The zero-order valence-electron chi connectivity index (χ0n) is 40.4. The number of hydrogen-bond acceptors (Lipinski definition) is 20. The quantitative estimate of drug-likeness (QED) is 0.0306. The minimum absolute atomic E-state index is 0.0228. The Morgan fingerprint density at radius 1 is 0.816 bits per heavy atom. The lowest BCUT2D eigenvalue weighted by molar-refractivity contribution is -0.144. The molecule has 2 aromatic carbocycles. The van der Waals surface area contributed by atoms with Crippen molar-refractivity contribution in [3.8, 4) is 0 Å². The van der Waals surface area contributed by atoms with Crippen molar-refractivity contribution in [2.45, 2.75) is 64.5 Å². The highest BCUT2D eigenvalue weighted by Gasteiger charge is 2.39. The van der Waals surface area contributed by atoms with Crippen molar-refractivity contribution in [3.63, 3.8) is 0 Å². The van der Waals surface area contributed by atoms with E-state index in [9.17, 15) is 42.3 Å². The number of carbonyl (C=O) groups excluding carboxylic acids is 7. The number of imide groups is 2. The number of benzene rings is 2. The maximum atomic E-state index is 14.3. The largest absolute Gasteiger partial charge is 0.510 e. The van der Waals surface area contributed by atoms with Crippen molar-refractivity contribution < 1.29 is 61.3 Å². The van der Waals surface area contributed by atoms with Gasteiger partial charge in [0.15, 0.2) is 37.0 Å². The first-order valence-electron chi connectivity index (χ1n) is 23.3. The molecule has 0 unspecified atom stereocenters. The fourth-order valence-electron chi connectivity index (χ4n) is 7.15. The number of likely N-dealkylation sites (tertiary alicyclic amines) is 2. The number of halogens is 4. The van der Waals surface area contributed by atoms with Gasteiger partial charge in [-0.1, -0.05) is 29.8 Å². The number of allylic oxidation sites excluding steroid dienone is 1. The van der Waals surface area contributed by atoms with Gasteiger partial charge in [0.05, 0.1) is 43.6 Å². The first-order chi connectivity index (χ1) is 36.5. The smallest absolute Gasteiger partial charge is 0.435 e. The average molecular weight is 1090 g/mol. The minimum atomic E-state index is -0.973. The van der Waals surface area contributed by atoms with Gasteiger partial charge in [-0.15, -0.1) is 10.0 Å². The fraction of sp³-hybridized carbons (Fsp3) is 0.286. The third-order valence-corrected chi connectivity index (χ3v) is 11.6. The molecule has 76 heavy (non-hydrogen) atoms. The van der Waals surface area contributed by atoms with E-state index in [1.165, 1.54) is 53.7 Å². The first-order valence-corrected chi connectivity index (χ1v) is 24.1. The maximum absolute atomic E-state index is 14.3. The van der Waals surface area contributed by atoms with E-state index in [4.69, 9.17) is 27.9 Å². The van der Waals surface area contributed by atoms with Gasteiger partial charge in [0, 0.05) is 51.0 Å². The number of ether oxygens (including phenoxy) is 4. The summed E-state index contributed by atoms with van der Waals surface area (Å²) in [7, 11) is 0. The molecule has 4 amide bonds. The Hall–Kier alpha value is -8.80. The molecule has 4 aromatic rings. The van der Waals surface area contributed by atoms with Crippen LogP contribution in [-0.4, -0.2) is 122 Å². The highest BCUT2D eigenvalue weighted by molar-refractivity contribution is 6.31. The summed E-state index contributed by atoms with van der Waals surface area (Å²) in [5.41, 5.74) is 1.83. The molecule has 4 fully saturated rings. The molecule has 6 heterocycles. The molecule has 4 N–H and O–H groups in total. The number of fused-ring (bicyclic) bond motifs is 2. The normalized spacial score (nSPS) is 17.1. The molecule has 0 spiro atoms. The lowest BCUT2D eigenvalue weighted by atomic mass is 10.1. The van der Waals surface area contributed by atoms with Crippen LogP contribution in [0, 0.1) is 11.6 Å². The van der Waals surface area contributed by atoms with Crippen molar-refractivity contribution in [1.82, 2.24) is 34.7 Å². The summed E-state index contributed by atoms with van der Waals surface area (Å²) in [5.74, 6) is -0.650. The van der Waals surface area contributed by atoms with Crippen molar-refractivity contribution in [2.24, 2.45) is 10.1 Å². The van der Waals surface area contributed by atoms with E-state index in [1.54, 1.807) is 30.5 Å². The van der Waals surface area contributed by atoms with Gasteiger partial charge in [-0.05, 0) is 87.1 Å². The van der Waals surface area contributed by atoms with Gasteiger partial charge >= 0.3 is 12.3 Å². The Morgan fingerprint density at radius 2 is 1.41 bits per heavy atom. The number of aldehydes is 1. The molecule has 394 valence electrons. The second kappa shape index (κ2) is 23.6. The van der Waals surface area contributed by atoms with Gasteiger partial charge < -0.3 is 40.2 Å². The number of amides is 4. The summed E-state index contributed by atoms with van der Waals surface area (Å²) in [5, 5.41) is 23.3. The van der Waals surface area contributed by atoms with E-state index in [0.29, 0.717) is 62.7 Å². The predicted molar refractivity (Wildman–Crippen MR) is 269 cm³/mol. The van der Waals surface area contributed by atoms with Crippen molar-refractivity contribution in [3.05, 3.63) is 117 Å². The molecule has 2 aliphatic carbocycles. The molecule has 2 saturated heterocycles. The Bertz CT molecular complexity index is 3210. The van der Waals surface area contributed by atoms with Crippen molar-refractivity contribution in [1.29, 1.82) is 0 Å². The molecule has 27 heteroatoms. The summed E-state index contributed by atoms with van der Waals surface area (Å²) in [4.78, 5) is 91.6. The van der Waals surface area contributed by atoms with Crippen LogP contribution < -0.4 is 21.3 Å². The highest BCUT2D eigenvalue weighted by Crippen LogP contribution is 2.32. The summed E-state index contributed by atoms with van der Waals surface area (Å²) < 4.78 is 48.3. The number of rotatable bonds is 15. The van der Waals surface area contributed by atoms with Crippen LogP contribution >= 0.6 is 23.2 Å². The van der Waals surface area contributed by atoms with E-state index in [1.807, 2.05) is 0 Å². The molecular formula is C49H45Cl2F2N12O11+. The lowest BCUT2D eigenvalue weighted by Crippen LogP contribution is -2.33. The number of amidine groups is 1. The van der Waals surface area contributed by atoms with Gasteiger partial charge in [-0.25, -0.2) is 37.9 Å². The summed E-state index contributed by atoms with van der Waals surface area (Å²) in [6.07, 6.45) is 10.1. The van der Waals surface area contributed by atoms with Crippen molar-refractivity contribution >= 4 is 112 Å². The summed E-state index contributed by atoms with van der Waals surface area (Å²) in [6.45, 7) is 5.95. The van der Waals surface area contributed by atoms with E-state index < -0.39 is 61.0 Å². The minimum Gasteiger partial charge on any atom is -0.435 e. The number of anilines is 4. The Kier molecular flexibility index (Phi) is 16.6. The summed E-state index contributed by atoms with van der Waals surface area (Å²) in [6, 6.07) is 10.7. The Morgan fingerprint density at radius 3 is 1.99 bits per heavy atom. The number of nitrogens with zero attached hydrogens (tertiary/aromatic N) is 8. The molecule has 4 aliphatic heterocycles. The van der Waals surface area contributed by atoms with Gasteiger partial charge in [0.1, 0.15) is 23.3 Å². The lowest BCUT2D eigenvalue weighted by Gasteiger charge is -2.20. The third kappa shape index (κ3) is 13.1. The Balaban J connectivity index is 0.000000168. The molecule has 6 aliphatic rings. The van der Waals surface area contributed by atoms with Gasteiger partial charge in [0.25, 0.3) is 29.5 Å². The highest BCUT2D eigenvalue weighted by atomic mass is 35.5. The van der Waals surface area contributed by atoms with Crippen LogP contribution in [0.1, 0.15) is 57.9 Å². The van der Waals surface area contributed by atoms with Crippen LogP contribution in [0.25, 0.3) is 11.7 Å². The van der Waals surface area contributed by atoms with Crippen LogP contribution in [0.15, 0.2) is 99.8 Å². The van der Waals surface area contributed by atoms with Gasteiger partial charge in [-0.2, -0.15) is 9.61 Å². The SMILES string of the molecule is C=C1CC(=O)N(COC(=O)OCC)C1=O.CCOC(=O)OCN1C(=O)C/C(=C\c2cnn3c(NC4CC4)cc(Nc4cc(Cl)ccc4F)nc23)C1=O.O=CC1=C2N=C(Nc3cc(Cl)ccc3F)C=C(NC3CC3)N2N=[C+]1. The van der Waals surface area contributed by atoms with E-state index >= 15 is 0 Å². The molecule has 2 saturated carbocycles. The van der Waals surface area contributed by atoms with E-state index in [-0.39, 0.29) is 60.2 Å². The average Bonchev–Trinajstić information content (AvgIpc) is 4.27. The van der Waals surface area contributed by atoms with Crippen molar-refractivity contribution in [2.75, 3.05) is 42.6 Å². The molecule has 10 rings (SSSR count). The van der Waals surface area contributed by atoms with E-state index in [2.05, 4.69) is 68.4 Å². The number of aliphatic imine (C=N–C) groups is 1. The fourth-order valence-corrected chi connectivity index (χ4v) is 7.50. The van der Waals surface area contributed by atoms with Crippen LogP contribution in [0.5, 0.6) is 0 Å². The molecule has 0 atom stereocenters. The second-order valence-corrected chi connectivity index (χ2v) is 17.8. The topological polar surface area (TPSA) is 269 Å². The van der Waals surface area contributed by atoms with Crippen LogP contribution in [0.2, 0.25) is 10.0 Å².